The van der Waals surface area contributed by atoms with Gasteiger partial charge in [-0.15, -0.1) is 0 Å². The average molecular weight is 285 g/mol. The molecule has 0 radical (unpaired) electrons. The van der Waals surface area contributed by atoms with Crippen LogP contribution < -0.4 is 15.4 Å². The molecule has 104 valence electrons. The van der Waals surface area contributed by atoms with Crippen LogP contribution in [0.1, 0.15) is 17.5 Å². The van der Waals surface area contributed by atoms with Gasteiger partial charge in [0.2, 0.25) is 0 Å². The van der Waals surface area contributed by atoms with Gasteiger partial charge in [-0.3, -0.25) is 0 Å². The lowest BCUT2D eigenvalue weighted by Gasteiger charge is -2.11. The molecule has 1 aromatic carbocycles. The molecule has 1 aliphatic heterocycles. The van der Waals surface area contributed by atoms with Gasteiger partial charge >= 0.3 is 6.03 Å². The van der Waals surface area contributed by atoms with Crippen molar-refractivity contribution in [2.24, 2.45) is 0 Å². The molecular formula is C13H17ClN2O3. The van der Waals surface area contributed by atoms with Crippen molar-refractivity contribution in [2.45, 2.75) is 19.4 Å². The quantitative estimate of drug-likeness (QED) is 0.717. The summed E-state index contributed by atoms with van der Waals surface area (Å²) in [6.45, 7) is 1.54. The fraction of sp³-hybridized carbons (Fsp3) is 0.462. The van der Waals surface area contributed by atoms with Crippen LogP contribution in [0.2, 0.25) is 5.02 Å². The molecule has 1 aliphatic rings. The summed E-state index contributed by atoms with van der Waals surface area (Å²) in [6.07, 6.45) is 1.40. The van der Waals surface area contributed by atoms with Gasteiger partial charge in [0.15, 0.2) is 0 Å². The highest BCUT2D eigenvalue weighted by atomic mass is 35.5. The summed E-state index contributed by atoms with van der Waals surface area (Å²) in [4.78, 5) is 11.5. The van der Waals surface area contributed by atoms with Crippen LogP contribution in [0.15, 0.2) is 12.1 Å². The summed E-state index contributed by atoms with van der Waals surface area (Å²) in [6, 6.07) is 3.44. The van der Waals surface area contributed by atoms with Gasteiger partial charge < -0.3 is 20.5 Å². The largest absolute Gasteiger partial charge is 0.493 e. The third kappa shape index (κ3) is 3.75. The monoisotopic (exact) mass is 284 g/mol. The maximum absolute atomic E-state index is 11.5. The fourth-order valence-electron chi connectivity index (χ4n) is 2.00. The number of hydrogen-bond donors (Lipinski definition) is 3. The number of nitrogens with one attached hydrogen (secondary N) is 2. The summed E-state index contributed by atoms with van der Waals surface area (Å²) in [5, 5.41) is 14.7. The minimum Gasteiger partial charge on any atom is -0.493 e. The molecule has 0 atom stereocenters. The van der Waals surface area contributed by atoms with Gasteiger partial charge in [-0.25, -0.2) is 4.79 Å². The number of carbonyl (C=O) groups excluding carboxylic acids is 1. The molecule has 0 unspecified atom stereocenters. The molecule has 0 fully saturated rings. The van der Waals surface area contributed by atoms with Gasteiger partial charge in [-0.1, -0.05) is 11.6 Å². The minimum absolute atomic E-state index is 0.0654. The van der Waals surface area contributed by atoms with Gasteiger partial charge in [-0.2, -0.15) is 0 Å². The SMILES string of the molecule is O=C(NCCCO)NCc1cc(Cl)cc2c1OCC2. The van der Waals surface area contributed by atoms with E-state index in [1.165, 1.54) is 0 Å². The lowest BCUT2D eigenvalue weighted by molar-refractivity contribution is 0.237. The topological polar surface area (TPSA) is 70.6 Å². The number of ether oxygens (including phenoxy) is 1. The number of carbonyl (C=O) groups is 1. The van der Waals surface area contributed by atoms with Gasteiger partial charge in [-0.05, 0) is 24.1 Å². The molecule has 0 saturated carbocycles. The number of hydrogen-bond acceptors (Lipinski definition) is 3. The highest BCUT2D eigenvalue weighted by Crippen LogP contribution is 2.32. The first-order valence-electron chi connectivity index (χ1n) is 6.27. The number of aliphatic hydroxyl groups is 1. The van der Waals surface area contributed by atoms with Crippen molar-refractivity contribution < 1.29 is 14.6 Å². The average Bonchev–Trinajstić information content (AvgIpc) is 2.84. The highest BCUT2D eigenvalue weighted by molar-refractivity contribution is 6.30. The number of benzene rings is 1. The molecule has 0 saturated heterocycles. The number of halogens is 1. The first-order chi connectivity index (χ1) is 9.20. The maximum atomic E-state index is 11.5. The summed E-state index contributed by atoms with van der Waals surface area (Å²) in [5.74, 6) is 0.833. The third-order valence-electron chi connectivity index (χ3n) is 2.89. The first-order valence-corrected chi connectivity index (χ1v) is 6.65. The van der Waals surface area contributed by atoms with Crippen LogP contribution in [-0.4, -0.2) is 30.9 Å². The van der Waals surface area contributed by atoms with E-state index in [4.69, 9.17) is 21.4 Å². The second-order valence-corrected chi connectivity index (χ2v) is 4.77. The van der Waals surface area contributed by atoms with E-state index >= 15 is 0 Å². The Morgan fingerprint density at radius 2 is 2.26 bits per heavy atom. The number of aliphatic hydroxyl groups excluding tert-OH is 1. The molecule has 0 bridgehead atoms. The van der Waals surface area contributed by atoms with Crippen LogP contribution in [-0.2, 0) is 13.0 Å². The van der Waals surface area contributed by atoms with Crippen LogP contribution in [0.25, 0.3) is 0 Å². The predicted molar refractivity (Wildman–Crippen MR) is 72.6 cm³/mol. The van der Waals surface area contributed by atoms with E-state index in [1.807, 2.05) is 6.07 Å². The Labute approximate surface area is 116 Å². The molecular weight excluding hydrogens is 268 g/mol. The lowest BCUT2D eigenvalue weighted by Crippen LogP contribution is -2.35. The van der Waals surface area contributed by atoms with Crippen LogP contribution in [0.4, 0.5) is 4.79 Å². The molecule has 1 heterocycles. The second-order valence-electron chi connectivity index (χ2n) is 4.34. The van der Waals surface area contributed by atoms with E-state index in [1.54, 1.807) is 6.07 Å². The molecule has 19 heavy (non-hydrogen) atoms. The smallest absolute Gasteiger partial charge is 0.315 e. The van der Waals surface area contributed by atoms with Crippen molar-refractivity contribution in [3.63, 3.8) is 0 Å². The third-order valence-corrected chi connectivity index (χ3v) is 3.10. The molecule has 2 rings (SSSR count). The van der Waals surface area contributed by atoms with E-state index < -0.39 is 0 Å². The van der Waals surface area contributed by atoms with Crippen LogP contribution >= 0.6 is 11.6 Å². The molecule has 5 nitrogen and oxygen atoms in total. The Kier molecular flexibility index (Phi) is 4.87. The predicted octanol–water partition coefficient (Wildman–Crippen LogP) is 1.46. The Morgan fingerprint density at radius 3 is 3.05 bits per heavy atom. The summed E-state index contributed by atoms with van der Waals surface area (Å²) in [7, 11) is 0. The van der Waals surface area contributed by atoms with Crippen molar-refractivity contribution in [2.75, 3.05) is 19.8 Å². The summed E-state index contributed by atoms with van der Waals surface area (Å²) < 4.78 is 5.55. The zero-order chi connectivity index (χ0) is 13.7. The molecule has 2 amide bonds. The standard InChI is InChI=1S/C13H17ClN2O3/c14-11-6-9-2-5-19-12(9)10(7-11)8-16-13(18)15-3-1-4-17/h6-7,17H,1-5,8H2,(H2,15,16,18). The van der Waals surface area contributed by atoms with Crippen LogP contribution in [0.3, 0.4) is 0 Å². The zero-order valence-electron chi connectivity index (χ0n) is 10.5. The Bertz CT molecular complexity index is 465. The number of urea groups is 1. The molecule has 0 spiro atoms. The van der Waals surface area contributed by atoms with Crippen molar-refractivity contribution in [1.82, 2.24) is 10.6 Å². The van der Waals surface area contributed by atoms with E-state index in [-0.39, 0.29) is 12.6 Å². The zero-order valence-corrected chi connectivity index (χ0v) is 11.3. The fourth-order valence-corrected chi connectivity index (χ4v) is 2.26. The van der Waals surface area contributed by atoms with E-state index in [0.29, 0.717) is 31.1 Å². The van der Waals surface area contributed by atoms with Gasteiger partial charge in [0.05, 0.1) is 6.61 Å². The van der Waals surface area contributed by atoms with Crippen LogP contribution in [0, 0.1) is 0 Å². The minimum atomic E-state index is -0.264. The number of fused-ring (bicyclic) bond motifs is 1. The second kappa shape index (κ2) is 6.63. The number of rotatable bonds is 5. The Morgan fingerprint density at radius 1 is 1.42 bits per heavy atom. The molecule has 1 aromatic rings. The normalized spacial score (nSPS) is 12.7. The lowest BCUT2D eigenvalue weighted by atomic mass is 10.1. The first kappa shape index (κ1) is 14.0. The van der Waals surface area contributed by atoms with Gasteiger partial charge in [0, 0.05) is 36.7 Å². The van der Waals surface area contributed by atoms with Crippen molar-refractivity contribution in [3.05, 3.63) is 28.3 Å². The van der Waals surface area contributed by atoms with Gasteiger partial charge in [0.1, 0.15) is 5.75 Å². The van der Waals surface area contributed by atoms with Crippen molar-refractivity contribution in [1.29, 1.82) is 0 Å². The maximum Gasteiger partial charge on any atom is 0.315 e. The van der Waals surface area contributed by atoms with Crippen molar-refractivity contribution >= 4 is 17.6 Å². The molecule has 0 aliphatic carbocycles. The van der Waals surface area contributed by atoms with E-state index in [2.05, 4.69) is 10.6 Å². The Hall–Kier alpha value is -1.46. The van der Waals surface area contributed by atoms with E-state index in [9.17, 15) is 4.79 Å². The summed E-state index contributed by atoms with van der Waals surface area (Å²) >= 11 is 6.03. The molecule has 0 aromatic heterocycles. The Balaban J connectivity index is 1.91. The molecule has 3 N–H and O–H groups in total. The van der Waals surface area contributed by atoms with E-state index in [0.717, 1.165) is 23.3 Å². The summed E-state index contributed by atoms with van der Waals surface area (Å²) in [5.41, 5.74) is 1.97. The number of amides is 2. The van der Waals surface area contributed by atoms with Crippen molar-refractivity contribution in [3.8, 4) is 5.75 Å². The highest BCUT2D eigenvalue weighted by Gasteiger charge is 2.17. The molecule has 6 heteroatoms. The van der Waals surface area contributed by atoms with Crippen LogP contribution in [0.5, 0.6) is 5.75 Å². The van der Waals surface area contributed by atoms with Gasteiger partial charge in [0.25, 0.3) is 0 Å².